The summed E-state index contributed by atoms with van der Waals surface area (Å²) >= 11 is 11.9. The molecule has 0 heterocycles. The first-order valence-corrected chi connectivity index (χ1v) is 5.63. The van der Waals surface area contributed by atoms with E-state index in [1.54, 1.807) is 19.1 Å². The van der Waals surface area contributed by atoms with Crippen molar-refractivity contribution in [3.63, 3.8) is 0 Å². The van der Waals surface area contributed by atoms with Gasteiger partial charge in [0, 0.05) is 16.0 Å². The Kier molecular flexibility index (Phi) is 4.87. The van der Waals surface area contributed by atoms with Gasteiger partial charge in [0.2, 0.25) is 0 Å². The predicted molar refractivity (Wildman–Crippen MR) is 64.6 cm³/mol. The van der Waals surface area contributed by atoms with Crippen LogP contribution in [0.25, 0.3) is 0 Å². The summed E-state index contributed by atoms with van der Waals surface area (Å²) < 4.78 is 0. The topological polar surface area (TPSA) is 46.2 Å². The van der Waals surface area contributed by atoms with E-state index in [0.717, 1.165) is 5.56 Å². The van der Waals surface area contributed by atoms with E-state index in [1.807, 2.05) is 6.07 Å². The molecule has 0 aliphatic carbocycles. The van der Waals surface area contributed by atoms with Crippen molar-refractivity contribution in [1.29, 1.82) is 0 Å². The van der Waals surface area contributed by atoms with Gasteiger partial charge in [0.1, 0.15) is 0 Å². The molecule has 1 aromatic rings. The molecule has 0 fully saturated rings. The number of aliphatic hydroxyl groups excluding tert-OH is 1. The Morgan fingerprint density at radius 3 is 2.60 bits per heavy atom. The van der Waals surface area contributed by atoms with Crippen molar-refractivity contribution in [3.8, 4) is 0 Å². The van der Waals surface area contributed by atoms with Crippen molar-refractivity contribution >= 4 is 23.2 Å². The van der Waals surface area contributed by atoms with Crippen molar-refractivity contribution in [2.45, 2.75) is 25.4 Å². The van der Waals surface area contributed by atoms with Gasteiger partial charge in [-0.3, -0.25) is 0 Å². The second-order valence-electron chi connectivity index (χ2n) is 3.68. The van der Waals surface area contributed by atoms with Gasteiger partial charge in [-0.1, -0.05) is 23.2 Å². The first-order chi connectivity index (χ1) is 7.04. The largest absolute Gasteiger partial charge is 0.393 e. The molecular weight excluding hydrogens is 233 g/mol. The van der Waals surface area contributed by atoms with Gasteiger partial charge < -0.3 is 10.8 Å². The van der Waals surface area contributed by atoms with Gasteiger partial charge in [0.15, 0.2) is 0 Å². The van der Waals surface area contributed by atoms with E-state index in [1.165, 1.54) is 0 Å². The van der Waals surface area contributed by atoms with Crippen LogP contribution in [0.15, 0.2) is 18.2 Å². The number of halogens is 2. The molecule has 1 rings (SSSR count). The monoisotopic (exact) mass is 247 g/mol. The first kappa shape index (κ1) is 12.8. The molecule has 15 heavy (non-hydrogen) atoms. The van der Waals surface area contributed by atoms with Crippen molar-refractivity contribution in [2.75, 3.05) is 6.54 Å². The Bertz CT molecular complexity index is 328. The molecule has 3 N–H and O–H groups in total. The van der Waals surface area contributed by atoms with Crippen LogP contribution in [0.1, 0.15) is 24.8 Å². The smallest absolute Gasteiger partial charge is 0.0518 e. The van der Waals surface area contributed by atoms with Crippen molar-refractivity contribution in [1.82, 2.24) is 0 Å². The molecule has 1 aromatic carbocycles. The molecule has 2 unspecified atom stereocenters. The van der Waals surface area contributed by atoms with Crippen LogP contribution in [-0.2, 0) is 0 Å². The van der Waals surface area contributed by atoms with Crippen molar-refractivity contribution in [2.24, 2.45) is 5.73 Å². The fraction of sp³-hybridized carbons (Fsp3) is 0.455. The summed E-state index contributed by atoms with van der Waals surface area (Å²) in [5.41, 5.74) is 6.57. The second kappa shape index (κ2) is 5.71. The quantitative estimate of drug-likeness (QED) is 0.860. The molecule has 0 aromatic heterocycles. The van der Waals surface area contributed by atoms with Gasteiger partial charge in [-0.05, 0) is 43.7 Å². The summed E-state index contributed by atoms with van der Waals surface area (Å²) in [7, 11) is 0. The van der Waals surface area contributed by atoms with Gasteiger partial charge in [-0.2, -0.15) is 0 Å². The molecule has 84 valence electrons. The molecule has 0 spiro atoms. The molecule has 0 aliphatic rings. The third-order valence-electron chi connectivity index (χ3n) is 2.31. The predicted octanol–water partition coefficient (Wildman–Crippen LogP) is 2.81. The number of nitrogens with two attached hydrogens (primary N) is 1. The van der Waals surface area contributed by atoms with Crippen molar-refractivity contribution in [3.05, 3.63) is 33.8 Å². The molecule has 0 amide bonds. The molecular formula is C11H15Cl2NO. The molecule has 2 atom stereocenters. The Morgan fingerprint density at radius 1 is 1.40 bits per heavy atom. The summed E-state index contributed by atoms with van der Waals surface area (Å²) in [4.78, 5) is 0. The maximum atomic E-state index is 9.34. The molecule has 0 saturated heterocycles. The molecule has 0 aliphatic heterocycles. The number of rotatable bonds is 4. The van der Waals surface area contributed by atoms with Crippen LogP contribution in [-0.4, -0.2) is 17.8 Å². The third kappa shape index (κ3) is 3.65. The summed E-state index contributed by atoms with van der Waals surface area (Å²) in [6.45, 7) is 2.19. The molecule has 0 radical (unpaired) electrons. The Hall–Kier alpha value is -0.280. The number of aliphatic hydroxyl groups is 1. The van der Waals surface area contributed by atoms with Crippen LogP contribution in [0, 0.1) is 0 Å². The Labute approximate surface area is 100.0 Å². The molecule has 0 saturated carbocycles. The van der Waals surface area contributed by atoms with Gasteiger partial charge in [0.05, 0.1) is 6.10 Å². The number of hydrogen-bond donors (Lipinski definition) is 2. The van der Waals surface area contributed by atoms with Gasteiger partial charge >= 0.3 is 0 Å². The van der Waals surface area contributed by atoms with E-state index < -0.39 is 6.10 Å². The van der Waals surface area contributed by atoms with E-state index in [9.17, 15) is 5.11 Å². The average molecular weight is 248 g/mol. The van der Waals surface area contributed by atoms with E-state index >= 15 is 0 Å². The Morgan fingerprint density at radius 2 is 2.07 bits per heavy atom. The highest BCUT2D eigenvalue weighted by atomic mass is 35.5. The van der Waals surface area contributed by atoms with Gasteiger partial charge in [-0.25, -0.2) is 0 Å². The van der Waals surface area contributed by atoms with Crippen LogP contribution in [0.3, 0.4) is 0 Å². The summed E-state index contributed by atoms with van der Waals surface area (Å²) in [5, 5.41) is 10.6. The summed E-state index contributed by atoms with van der Waals surface area (Å²) in [6, 6.07) is 5.30. The van der Waals surface area contributed by atoms with Crippen LogP contribution in [0.4, 0.5) is 0 Å². The lowest BCUT2D eigenvalue weighted by molar-refractivity contribution is 0.175. The molecule has 0 bridgehead atoms. The highest BCUT2D eigenvalue weighted by molar-refractivity contribution is 6.33. The summed E-state index contributed by atoms with van der Waals surface area (Å²) in [5.74, 6) is 0.0520. The van der Waals surface area contributed by atoms with E-state index in [0.29, 0.717) is 23.0 Å². The molecule has 4 heteroatoms. The third-order valence-corrected chi connectivity index (χ3v) is 2.89. The standard InChI is InChI=1S/C11H15Cl2NO/c1-7(15)4-8(6-14)10-5-9(12)2-3-11(10)13/h2-3,5,7-8,15H,4,6,14H2,1H3. The van der Waals surface area contributed by atoms with Crippen molar-refractivity contribution < 1.29 is 5.11 Å². The van der Waals surface area contributed by atoms with Crippen LogP contribution >= 0.6 is 23.2 Å². The van der Waals surface area contributed by atoms with E-state index in [-0.39, 0.29) is 5.92 Å². The zero-order valence-corrected chi connectivity index (χ0v) is 10.1. The summed E-state index contributed by atoms with van der Waals surface area (Å²) in [6.07, 6.45) is 0.199. The van der Waals surface area contributed by atoms with Crippen LogP contribution in [0.2, 0.25) is 10.0 Å². The lowest BCUT2D eigenvalue weighted by Crippen LogP contribution is -2.17. The fourth-order valence-electron chi connectivity index (χ4n) is 1.59. The maximum Gasteiger partial charge on any atom is 0.0518 e. The lowest BCUT2D eigenvalue weighted by Gasteiger charge is -2.18. The Balaban J connectivity index is 2.95. The minimum atomic E-state index is -0.395. The van der Waals surface area contributed by atoms with E-state index in [2.05, 4.69) is 0 Å². The SMILES string of the molecule is CC(O)CC(CN)c1cc(Cl)ccc1Cl. The molecule has 2 nitrogen and oxygen atoms in total. The van der Waals surface area contributed by atoms with Gasteiger partial charge in [-0.15, -0.1) is 0 Å². The van der Waals surface area contributed by atoms with E-state index in [4.69, 9.17) is 28.9 Å². The fourth-order valence-corrected chi connectivity index (χ4v) is 2.04. The zero-order chi connectivity index (χ0) is 11.4. The minimum absolute atomic E-state index is 0.0520. The van der Waals surface area contributed by atoms with Crippen LogP contribution < -0.4 is 5.73 Å². The van der Waals surface area contributed by atoms with Crippen LogP contribution in [0.5, 0.6) is 0 Å². The lowest BCUT2D eigenvalue weighted by atomic mass is 9.93. The normalized spacial score (nSPS) is 15.0. The van der Waals surface area contributed by atoms with Gasteiger partial charge in [0.25, 0.3) is 0 Å². The highest BCUT2D eigenvalue weighted by Gasteiger charge is 2.15. The average Bonchev–Trinajstić information content (AvgIpc) is 2.18. The first-order valence-electron chi connectivity index (χ1n) is 4.87. The second-order valence-corrected chi connectivity index (χ2v) is 4.53. The zero-order valence-electron chi connectivity index (χ0n) is 8.58. The maximum absolute atomic E-state index is 9.34. The highest BCUT2D eigenvalue weighted by Crippen LogP contribution is 2.29. The minimum Gasteiger partial charge on any atom is -0.393 e. The number of hydrogen-bond acceptors (Lipinski definition) is 2. The number of benzene rings is 1.